The Bertz CT molecular complexity index is 74.1. The lowest BCUT2D eigenvalue weighted by Crippen LogP contribution is -2.38. The minimum atomic E-state index is 0.657. The maximum Gasteiger partial charge on any atom is 0.0724 e. The van der Waals surface area contributed by atoms with E-state index in [4.69, 9.17) is 4.74 Å². The fraction of sp³-hybridized carbons (Fsp3) is 1.00. The van der Waals surface area contributed by atoms with Crippen molar-refractivity contribution in [1.82, 2.24) is 0 Å². The summed E-state index contributed by atoms with van der Waals surface area (Å²) in [7, 11) is 0. The molecule has 2 aliphatic rings. The Morgan fingerprint density at radius 1 is 1.57 bits per heavy atom. The van der Waals surface area contributed by atoms with Crippen LogP contribution >= 0.6 is 11.8 Å². The molecule has 7 heavy (non-hydrogen) atoms. The summed E-state index contributed by atoms with van der Waals surface area (Å²) in [6.07, 6.45) is 1.96. The topological polar surface area (TPSA) is 9.23 Å². The smallest absolute Gasteiger partial charge is 0.0724 e. The highest BCUT2D eigenvalue weighted by molar-refractivity contribution is 8.00. The molecule has 2 heterocycles. The van der Waals surface area contributed by atoms with Crippen LogP contribution in [0.4, 0.5) is 0 Å². The predicted molar refractivity (Wildman–Crippen MR) is 30.6 cm³/mol. The van der Waals surface area contributed by atoms with Crippen molar-refractivity contribution in [2.45, 2.75) is 17.8 Å². The van der Waals surface area contributed by atoms with Gasteiger partial charge < -0.3 is 4.74 Å². The molecule has 1 nitrogen and oxygen atoms in total. The lowest BCUT2D eigenvalue weighted by Gasteiger charge is -2.29. The van der Waals surface area contributed by atoms with Crippen molar-refractivity contribution in [2.75, 3.05) is 12.4 Å². The summed E-state index contributed by atoms with van der Waals surface area (Å²) in [4.78, 5) is 0. The van der Waals surface area contributed by atoms with Gasteiger partial charge in [-0.1, -0.05) is 0 Å². The van der Waals surface area contributed by atoms with Crippen LogP contribution in [0.25, 0.3) is 0 Å². The van der Waals surface area contributed by atoms with Gasteiger partial charge in [-0.3, -0.25) is 0 Å². The number of fused-ring (bicyclic) bond motifs is 1. The minimum absolute atomic E-state index is 0.657. The van der Waals surface area contributed by atoms with Crippen molar-refractivity contribution in [3.8, 4) is 0 Å². The number of thioether (sulfide) groups is 1. The van der Waals surface area contributed by atoms with E-state index in [2.05, 4.69) is 11.8 Å². The van der Waals surface area contributed by atoms with E-state index in [9.17, 15) is 0 Å². The van der Waals surface area contributed by atoms with E-state index >= 15 is 0 Å². The Balaban J connectivity index is 2.03. The summed E-state index contributed by atoms with van der Waals surface area (Å²) < 4.78 is 5.23. The molecule has 2 saturated heterocycles. The quantitative estimate of drug-likeness (QED) is 0.465. The highest BCUT2D eigenvalue weighted by Gasteiger charge is 2.36. The summed E-state index contributed by atoms with van der Waals surface area (Å²) in [5, 5.41) is 0.889. The second kappa shape index (κ2) is 1.39. The third-order valence-corrected chi connectivity index (χ3v) is 2.96. The normalized spacial score (nSPS) is 48.0. The third-order valence-electron chi connectivity index (χ3n) is 1.62. The van der Waals surface area contributed by atoms with Gasteiger partial charge in [-0.25, -0.2) is 0 Å². The van der Waals surface area contributed by atoms with Crippen LogP contribution in [0.15, 0.2) is 0 Å². The molecule has 0 aromatic carbocycles. The Labute approximate surface area is 47.4 Å². The van der Waals surface area contributed by atoms with Crippen LogP contribution in [-0.4, -0.2) is 23.7 Å². The van der Waals surface area contributed by atoms with Crippen molar-refractivity contribution >= 4 is 11.8 Å². The van der Waals surface area contributed by atoms with Crippen LogP contribution in [0, 0.1) is 0 Å². The third kappa shape index (κ3) is 0.500. The maximum absolute atomic E-state index is 5.23. The van der Waals surface area contributed by atoms with E-state index in [0.717, 1.165) is 11.9 Å². The molecule has 2 unspecified atom stereocenters. The van der Waals surface area contributed by atoms with Crippen molar-refractivity contribution in [2.24, 2.45) is 0 Å². The Morgan fingerprint density at radius 3 is 2.86 bits per heavy atom. The molecule has 0 aliphatic carbocycles. The summed E-state index contributed by atoms with van der Waals surface area (Å²) in [6.45, 7) is 1.02. The number of rotatable bonds is 0. The first-order valence-corrected chi connectivity index (χ1v) is 3.75. The van der Waals surface area contributed by atoms with Gasteiger partial charge in [0.05, 0.1) is 18.0 Å². The van der Waals surface area contributed by atoms with Gasteiger partial charge in [-0.05, 0) is 12.2 Å². The molecule has 2 rings (SSSR count). The minimum Gasteiger partial charge on any atom is -0.376 e. The molecule has 0 bridgehead atoms. The van der Waals surface area contributed by atoms with Gasteiger partial charge in [0.25, 0.3) is 0 Å². The predicted octanol–water partition coefficient (Wildman–Crippen LogP) is 0.891. The van der Waals surface area contributed by atoms with Gasteiger partial charge in [-0.15, -0.1) is 0 Å². The van der Waals surface area contributed by atoms with Crippen molar-refractivity contribution in [3.63, 3.8) is 0 Å². The molecule has 0 aromatic rings. The average Bonchev–Trinajstić information content (AvgIpc) is 1.85. The Hall–Kier alpha value is 0.310. The Kier molecular flexibility index (Phi) is 0.837. The van der Waals surface area contributed by atoms with Crippen LogP contribution in [0.5, 0.6) is 0 Å². The first-order chi connectivity index (χ1) is 3.47. The fourth-order valence-electron chi connectivity index (χ4n) is 1.07. The molecule has 2 aliphatic heterocycles. The van der Waals surface area contributed by atoms with E-state index in [-0.39, 0.29) is 0 Å². The monoisotopic (exact) mass is 116 g/mol. The van der Waals surface area contributed by atoms with Crippen molar-refractivity contribution in [1.29, 1.82) is 0 Å². The summed E-state index contributed by atoms with van der Waals surface area (Å²) in [5.41, 5.74) is 0. The fourth-order valence-corrected chi connectivity index (χ4v) is 2.35. The largest absolute Gasteiger partial charge is 0.376 e. The van der Waals surface area contributed by atoms with Crippen LogP contribution < -0.4 is 0 Å². The molecular weight excluding hydrogens is 108 g/mol. The average molecular weight is 116 g/mol. The van der Waals surface area contributed by atoms with Gasteiger partial charge >= 0.3 is 0 Å². The second-order valence-corrected chi connectivity index (χ2v) is 3.42. The highest BCUT2D eigenvalue weighted by Crippen LogP contribution is 2.35. The summed E-state index contributed by atoms with van der Waals surface area (Å²) in [6, 6.07) is 0. The molecule has 0 spiro atoms. The summed E-state index contributed by atoms with van der Waals surface area (Å²) in [5.74, 6) is 1.33. The summed E-state index contributed by atoms with van der Waals surface area (Å²) >= 11 is 2.07. The van der Waals surface area contributed by atoms with Crippen molar-refractivity contribution in [3.05, 3.63) is 0 Å². The molecule has 2 fully saturated rings. The number of hydrogen-bond donors (Lipinski definition) is 0. The van der Waals surface area contributed by atoms with Gasteiger partial charge in [0.1, 0.15) is 0 Å². The van der Waals surface area contributed by atoms with E-state index < -0.39 is 0 Å². The maximum atomic E-state index is 5.23. The van der Waals surface area contributed by atoms with E-state index in [1.807, 2.05) is 0 Å². The van der Waals surface area contributed by atoms with Gasteiger partial charge in [0.2, 0.25) is 0 Å². The Morgan fingerprint density at radius 2 is 2.57 bits per heavy atom. The molecule has 0 radical (unpaired) electrons. The first-order valence-electron chi connectivity index (χ1n) is 2.70. The molecular formula is C5H8OS. The second-order valence-electron chi connectivity index (χ2n) is 2.07. The zero-order valence-corrected chi connectivity index (χ0v) is 4.91. The molecule has 2 heteroatoms. The van der Waals surface area contributed by atoms with Crippen LogP contribution in [0.3, 0.4) is 0 Å². The molecule has 0 saturated carbocycles. The molecule has 0 amide bonds. The van der Waals surface area contributed by atoms with Gasteiger partial charge in [0, 0.05) is 0 Å². The first kappa shape index (κ1) is 4.21. The molecule has 0 aromatic heterocycles. The molecule has 2 atom stereocenters. The van der Waals surface area contributed by atoms with E-state index in [1.54, 1.807) is 0 Å². The van der Waals surface area contributed by atoms with Crippen molar-refractivity contribution < 1.29 is 4.74 Å². The molecule has 0 N–H and O–H groups in total. The SMILES string of the molecule is C1CC2OCC2S1. The molecule has 40 valence electrons. The van der Waals surface area contributed by atoms with Gasteiger partial charge in [-0.2, -0.15) is 11.8 Å². The zero-order chi connectivity index (χ0) is 4.69. The van der Waals surface area contributed by atoms with Crippen LogP contribution in [0.1, 0.15) is 6.42 Å². The van der Waals surface area contributed by atoms with Crippen LogP contribution in [-0.2, 0) is 4.74 Å². The zero-order valence-electron chi connectivity index (χ0n) is 4.09. The van der Waals surface area contributed by atoms with Crippen LogP contribution in [0.2, 0.25) is 0 Å². The number of hydrogen-bond acceptors (Lipinski definition) is 2. The van der Waals surface area contributed by atoms with E-state index in [1.165, 1.54) is 12.2 Å². The van der Waals surface area contributed by atoms with Gasteiger partial charge in [0.15, 0.2) is 0 Å². The highest BCUT2D eigenvalue weighted by atomic mass is 32.2. The lowest BCUT2D eigenvalue weighted by molar-refractivity contribution is -0.0358. The number of ether oxygens (including phenoxy) is 1. The standard InChI is InChI=1S/C5H8OS/c1-2-7-5-3-6-4(1)5/h4-5H,1-3H2. The van der Waals surface area contributed by atoms with E-state index in [0.29, 0.717) is 6.10 Å². The lowest BCUT2D eigenvalue weighted by atomic mass is 10.1.